The minimum absolute atomic E-state index is 0.0795. The first-order valence-electron chi connectivity index (χ1n) is 10.7. The molecule has 0 radical (unpaired) electrons. The van der Waals surface area contributed by atoms with Crippen molar-refractivity contribution in [2.45, 2.75) is 19.9 Å². The lowest BCUT2D eigenvalue weighted by molar-refractivity contribution is -0.132. The standard InChI is InChI=1S/C23H23FN6O2/c1-2-20-25-26-22-23(32)29(18-9-5-6-10-19(18)30(20)22)15-21(31)28-13-11-27(12-14-28)17-8-4-3-7-16(17)24/h3-10H,2,11-15H2,1H3. The molecule has 2 aromatic heterocycles. The number of amides is 1. The zero-order chi connectivity index (χ0) is 22.2. The number of para-hydroxylation sites is 3. The number of aromatic nitrogens is 4. The monoisotopic (exact) mass is 434 g/mol. The van der Waals surface area contributed by atoms with Crippen LogP contribution >= 0.6 is 0 Å². The zero-order valence-electron chi connectivity index (χ0n) is 17.7. The third-order valence-corrected chi connectivity index (χ3v) is 6.02. The molecule has 1 fully saturated rings. The average molecular weight is 434 g/mol. The maximum absolute atomic E-state index is 14.1. The molecule has 1 aliphatic rings. The largest absolute Gasteiger partial charge is 0.366 e. The van der Waals surface area contributed by atoms with E-state index in [0.29, 0.717) is 49.6 Å². The van der Waals surface area contributed by atoms with Gasteiger partial charge >= 0.3 is 0 Å². The first kappa shape index (κ1) is 20.2. The highest BCUT2D eigenvalue weighted by atomic mass is 19.1. The summed E-state index contributed by atoms with van der Waals surface area (Å²) in [6.07, 6.45) is 0.639. The number of fused-ring (bicyclic) bond motifs is 3. The van der Waals surface area contributed by atoms with Crippen molar-refractivity contribution in [1.29, 1.82) is 0 Å². The van der Waals surface area contributed by atoms with Gasteiger partial charge in [0.25, 0.3) is 5.56 Å². The van der Waals surface area contributed by atoms with Crippen LogP contribution in [0.15, 0.2) is 53.3 Å². The van der Waals surface area contributed by atoms with Gasteiger partial charge in [-0.2, -0.15) is 0 Å². The lowest BCUT2D eigenvalue weighted by Gasteiger charge is -2.36. The maximum Gasteiger partial charge on any atom is 0.297 e. The van der Waals surface area contributed by atoms with E-state index in [0.717, 1.165) is 5.52 Å². The predicted molar refractivity (Wildman–Crippen MR) is 119 cm³/mol. The van der Waals surface area contributed by atoms with E-state index in [1.165, 1.54) is 10.6 Å². The molecule has 1 amide bonds. The molecule has 0 spiro atoms. The Balaban J connectivity index is 1.41. The third-order valence-electron chi connectivity index (χ3n) is 6.02. The molecule has 9 heteroatoms. The van der Waals surface area contributed by atoms with Gasteiger partial charge in [0.05, 0.1) is 16.7 Å². The number of rotatable bonds is 4. The van der Waals surface area contributed by atoms with E-state index in [9.17, 15) is 14.0 Å². The van der Waals surface area contributed by atoms with Crippen molar-refractivity contribution >= 4 is 28.3 Å². The van der Waals surface area contributed by atoms with Gasteiger partial charge in [-0.1, -0.05) is 31.2 Å². The molecule has 3 heterocycles. The van der Waals surface area contributed by atoms with E-state index in [1.54, 1.807) is 27.5 Å². The minimum Gasteiger partial charge on any atom is -0.366 e. The molecular formula is C23H23FN6O2. The predicted octanol–water partition coefficient (Wildman–Crippen LogP) is 2.09. The Morgan fingerprint density at radius 1 is 0.969 bits per heavy atom. The van der Waals surface area contributed by atoms with E-state index >= 15 is 0 Å². The van der Waals surface area contributed by atoms with Gasteiger partial charge in [0.1, 0.15) is 18.2 Å². The summed E-state index contributed by atoms with van der Waals surface area (Å²) in [6.45, 7) is 3.88. The second kappa shape index (κ2) is 8.07. The summed E-state index contributed by atoms with van der Waals surface area (Å²) in [5, 5.41) is 8.23. The molecule has 0 bridgehead atoms. The quantitative estimate of drug-likeness (QED) is 0.492. The summed E-state index contributed by atoms with van der Waals surface area (Å²) in [5.74, 6) is 0.291. The maximum atomic E-state index is 14.1. The molecule has 8 nitrogen and oxygen atoms in total. The molecule has 0 aliphatic carbocycles. The topological polar surface area (TPSA) is 75.7 Å². The smallest absolute Gasteiger partial charge is 0.297 e. The fraction of sp³-hybridized carbons (Fsp3) is 0.304. The van der Waals surface area contributed by atoms with Gasteiger partial charge in [-0.3, -0.25) is 18.6 Å². The molecule has 4 aromatic rings. The Morgan fingerprint density at radius 2 is 1.66 bits per heavy atom. The average Bonchev–Trinajstić information content (AvgIpc) is 3.27. The Morgan fingerprint density at radius 3 is 2.38 bits per heavy atom. The second-order valence-corrected chi connectivity index (χ2v) is 7.83. The number of hydrogen-bond donors (Lipinski definition) is 0. The Bertz CT molecular complexity index is 1370. The van der Waals surface area contributed by atoms with Crippen LogP contribution in [-0.4, -0.2) is 56.2 Å². The number of hydrogen-bond acceptors (Lipinski definition) is 5. The molecule has 32 heavy (non-hydrogen) atoms. The van der Waals surface area contributed by atoms with E-state index < -0.39 is 0 Å². The minimum atomic E-state index is -0.339. The fourth-order valence-corrected chi connectivity index (χ4v) is 4.35. The summed E-state index contributed by atoms with van der Waals surface area (Å²) < 4.78 is 17.3. The van der Waals surface area contributed by atoms with E-state index in [1.807, 2.05) is 36.1 Å². The molecule has 0 N–H and O–H groups in total. The lowest BCUT2D eigenvalue weighted by Crippen LogP contribution is -2.50. The highest BCUT2D eigenvalue weighted by Gasteiger charge is 2.24. The summed E-state index contributed by atoms with van der Waals surface area (Å²) >= 11 is 0. The van der Waals surface area contributed by atoms with E-state index in [-0.39, 0.29) is 29.5 Å². The highest BCUT2D eigenvalue weighted by molar-refractivity contribution is 5.82. The molecule has 0 saturated carbocycles. The normalized spacial score (nSPS) is 14.4. The molecule has 1 saturated heterocycles. The van der Waals surface area contributed by atoms with Gasteiger partial charge in [0, 0.05) is 32.6 Å². The summed E-state index contributed by atoms with van der Waals surface area (Å²) in [7, 11) is 0. The number of carbonyl (C=O) groups is 1. The van der Waals surface area contributed by atoms with Crippen LogP contribution in [0.5, 0.6) is 0 Å². The highest BCUT2D eigenvalue weighted by Crippen LogP contribution is 2.21. The molecule has 5 rings (SSSR count). The van der Waals surface area contributed by atoms with Crippen LogP contribution in [0.2, 0.25) is 0 Å². The van der Waals surface area contributed by atoms with Crippen LogP contribution in [0.3, 0.4) is 0 Å². The van der Waals surface area contributed by atoms with Crippen molar-refractivity contribution in [3.05, 3.63) is 70.5 Å². The number of nitrogens with zero attached hydrogens (tertiary/aromatic N) is 6. The molecular weight excluding hydrogens is 411 g/mol. The van der Waals surface area contributed by atoms with Crippen molar-refractivity contribution in [3.63, 3.8) is 0 Å². The molecule has 164 valence electrons. The van der Waals surface area contributed by atoms with Crippen molar-refractivity contribution in [2.24, 2.45) is 0 Å². The Labute approximate surface area is 183 Å². The van der Waals surface area contributed by atoms with E-state index in [4.69, 9.17) is 0 Å². The second-order valence-electron chi connectivity index (χ2n) is 7.83. The SMILES string of the molecule is CCc1nnc2c(=O)n(CC(=O)N3CCN(c4ccccc4F)CC3)c3ccccc3n12. The van der Waals surface area contributed by atoms with Crippen molar-refractivity contribution in [3.8, 4) is 0 Å². The van der Waals surface area contributed by atoms with E-state index in [2.05, 4.69) is 10.2 Å². The van der Waals surface area contributed by atoms with Gasteiger partial charge in [0.2, 0.25) is 11.6 Å². The van der Waals surface area contributed by atoms with Crippen LogP contribution in [0.25, 0.3) is 16.7 Å². The zero-order valence-corrected chi connectivity index (χ0v) is 17.7. The Kier molecular flexibility index (Phi) is 5.08. The number of halogens is 1. The lowest BCUT2D eigenvalue weighted by atomic mass is 10.2. The number of piperazine rings is 1. The summed E-state index contributed by atoms with van der Waals surface area (Å²) in [6, 6.07) is 14.1. The first-order valence-corrected chi connectivity index (χ1v) is 10.7. The van der Waals surface area contributed by atoms with Gasteiger partial charge in [-0.25, -0.2) is 4.39 Å². The van der Waals surface area contributed by atoms with Crippen molar-refractivity contribution < 1.29 is 9.18 Å². The van der Waals surface area contributed by atoms with Crippen molar-refractivity contribution in [2.75, 3.05) is 31.1 Å². The van der Waals surface area contributed by atoms with Crippen LogP contribution in [0.4, 0.5) is 10.1 Å². The molecule has 0 unspecified atom stereocenters. The number of anilines is 1. The van der Waals surface area contributed by atoms with Crippen LogP contribution in [0, 0.1) is 5.82 Å². The van der Waals surface area contributed by atoms with Gasteiger partial charge in [0.15, 0.2) is 0 Å². The number of carbonyl (C=O) groups excluding carboxylic acids is 1. The number of aryl methyl sites for hydroxylation is 1. The molecule has 0 atom stereocenters. The molecule has 2 aromatic carbocycles. The third kappa shape index (κ3) is 3.30. The summed E-state index contributed by atoms with van der Waals surface area (Å²) in [5.41, 5.74) is 1.89. The summed E-state index contributed by atoms with van der Waals surface area (Å²) in [4.78, 5) is 30.0. The van der Waals surface area contributed by atoms with Gasteiger partial charge in [-0.05, 0) is 24.3 Å². The van der Waals surface area contributed by atoms with Gasteiger partial charge < -0.3 is 9.80 Å². The first-order chi connectivity index (χ1) is 15.6. The molecule has 1 aliphatic heterocycles. The number of benzene rings is 2. The van der Waals surface area contributed by atoms with Crippen LogP contribution < -0.4 is 10.5 Å². The van der Waals surface area contributed by atoms with Gasteiger partial charge in [-0.15, -0.1) is 10.2 Å². The van der Waals surface area contributed by atoms with Crippen LogP contribution in [0.1, 0.15) is 12.7 Å². The van der Waals surface area contributed by atoms with Crippen LogP contribution in [-0.2, 0) is 17.8 Å². The van der Waals surface area contributed by atoms with Crippen molar-refractivity contribution in [1.82, 2.24) is 24.1 Å². The fourth-order valence-electron chi connectivity index (χ4n) is 4.35. The Hall–Kier alpha value is -3.75.